The molecular weight excluding hydrogens is 234 g/mol. The fourth-order valence-electron chi connectivity index (χ4n) is 2.09. The lowest BCUT2D eigenvalue weighted by Crippen LogP contribution is -2.40. The van der Waals surface area contributed by atoms with Gasteiger partial charge >= 0.3 is 0 Å². The highest BCUT2D eigenvalue weighted by atomic mass is 32.2. The lowest BCUT2D eigenvalue weighted by Gasteiger charge is -2.40. The molecule has 17 heavy (non-hydrogen) atoms. The maximum atomic E-state index is 5.19. The number of methoxy groups -OCH3 is 1. The molecule has 1 aliphatic carbocycles. The average molecular weight is 253 g/mol. The molecule has 0 atom stereocenters. The van der Waals surface area contributed by atoms with E-state index in [-0.39, 0.29) is 0 Å². The maximum Gasteiger partial charge on any atom is 0.221 e. The molecule has 5 heteroatoms. The molecule has 0 amide bonds. The molecule has 0 unspecified atom stereocenters. The summed E-state index contributed by atoms with van der Waals surface area (Å²) in [6.07, 6.45) is 7.66. The summed E-state index contributed by atoms with van der Waals surface area (Å²) in [5, 5.41) is 3.43. The fraction of sp³-hybridized carbons (Fsp3) is 0.667. The second-order valence-corrected chi connectivity index (χ2v) is 5.73. The third kappa shape index (κ3) is 2.49. The molecule has 0 radical (unpaired) electrons. The van der Waals surface area contributed by atoms with Gasteiger partial charge in [-0.15, -0.1) is 0 Å². The second-order valence-electron chi connectivity index (χ2n) is 4.45. The van der Waals surface area contributed by atoms with Crippen LogP contribution in [0.4, 0.5) is 5.82 Å². The van der Waals surface area contributed by atoms with Crippen LogP contribution in [0.3, 0.4) is 0 Å². The van der Waals surface area contributed by atoms with E-state index in [1.54, 1.807) is 13.4 Å². The Hall–Kier alpha value is -0.970. The Balaban J connectivity index is 2.04. The van der Waals surface area contributed by atoms with Crippen LogP contribution in [0, 0.1) is 6.92 Å². The van der Waals surface area contributed by atoms with Crippen molar-refractivity contribution < 1.29 is 4.74 Å². The van der Waals surface area contributed by atoms with Gasteiger partial charge in [0.2, 0.25) is 5.88 Å². The van der Waals surface area contributed by atoms with E-state index in [4.69, 9.17) is 4.74 Å². The van der Waals surface area contributed by atoms with E-state index in [1.165, 1.54) is 19.3 Å². The van der Waals surface area contributed by atoms with Crippen LogP contribution in [-0.4, -0.2) is 34.6 Å². The summed E-state index contributed by atoms with van der Waals surface area (Å²) in [6.45, 7) is 2.95. The Bertz CT molecular complexity index is 388. The van der Waals surface area contributed by atoms with Crippen LogP contribution in [-0.2, 0) is 0 Å². The highest BCUT2D eigenvalue weighted by molar-refractivity contribution is 8.00. The van der Waals surface area contributed by atoms with Crippen LogP contribution >= 0.6 is 11.8 Å². The molecule has 2 rings (SSSR count). The topological polar surface area (TPSA) is 47.0 Å². The predicted molar refractivity (Wildman–Crippen MR) is 71.9 cm³/mol. The van der Waals surface area contributed by atoms with E-state index < -0.39 is 0 Å². The number of ether oxygens (including phenoxy) is 1. The van der Waals surface area contributed by atoms with Gasteiger partial charge in [-0.1, -0.05) is 6.42 Å². The molecule has 94 valence electrons. The molecule has 1 fully saturated rings. The van der Waals surface area contributed by atoms with Gasteiger partial charge in [-0.2, -0.15) is 11.8 Å². The SMILES string of the molecule is COc1ncnc(NCC2(SC)CCC2)c1C. The van der Waals surface area contributed by atoms with Crippen LogP contribution in [0.15, 0.2) is 6.33 Å². The van der Waals surface area contributed by atoms with Gasteiger partial charge in [0.05, 0.1) is 12.7 Å². The van der Waals surface area contributed by atoms with E-state index in [0.717, 1.165) is 17.9 Å². The summed E-state index contributed by atoms with van der Waals surface area (Å²) < 4.78 is 5.60. The van der Waals surface area contributed by atoms with E-state index >= 15 is 0 Å². The van der Waals surface area contributed by atoms with Crippen LogP contribution < -0.4 is 10.1 Å². The Morgan fingerprint density at radius 2 is 2.24 bits per heavy atom. The van der Waals surface area contributed by atoms with Gasteiger partial charge < -0.3 is 10.1 Å². The molecule has 0 bridgehead atoms. The molecule has 1 heterocycles. The summed E-state index contributed by atoms with van der Waals surface area (Å²) in [5.74, 6) is 1.53. The van der Waals surface area contributed by atoms with Gasteiger partial charge in [0.15, 0.2) is 0 Å². The summed E-state index contributed by atoms with van der Waals surface area (Å²) in [5.41, 5.74) is 0.977. The highest BCUT2D eigenvalue weighted by Crippen LogP contribution is 2.42. The number of hydrogen-bond acceptors (Lipinski definition) is 5. The van der Waals surface area contributed by atoms with Crippen LogP contribution in [0.1, 0.15) is 24.8 Å². The first-order chi connectivity index (χ1) is 8.21. The standard InChI is InChI=1S/C12H19N3OS/c1-9-10(14-8-15-11(9)16-2)13-7-12(17-3)5-4-6-12/h8H,4-7H2,1-3H3,(H,13,14,15). The molecule has 1 saturated carbocycles. The number of aromatic nitrogens is 2. The number of nitrogens with zero attached hydrogens (tertiary/aromatic N) is 2. The quantitative estimate of drug-likeness (QED) is 0.873. The van der Waals surface area contributed by atoms with Gasteiger partial charge in [-0.3, -0.25) is 0 Å². The van der Waals surface area contributed by atoms with Crippen molar-refractivity contribution in [1.82, 2.24) is 9.97 Å². The Morgan fingerprint density at radius 1 is 1.47 bits per heavy atom. The lowest BCUT2D eigenvalue weighted by atomic mass is 9.84. The van der Waals surface area contributed by atoms with E-state index in [1.807, 2.05) is 18.7 Å². The van der Waals surface area contributed by atoms with Gasteiger partial charge in [0.1, 0.15) is 12.1 Å². The van der Waals surface area contributed by atoms with Crippen molar-refractivity contribution in [3.63, 3.8) is 0 Å². The molecule has 0 aromatic carbocycles. The molecule has 4 nitrogen and oxygen atoms in total. The summed E-state index contributed by atoms with van der Waals surface area (Å²) in [4.78, 5) is 8.35. The van der Waals surface area contributed by atoms with Gasteiger partial charge in [0.25, 0.3) is 0 Å². The van der Waals surface area contributed by atoms with Crippen molar-refractivity contribution >= 4 is 17.6 Å². The van der Waals surface area contributed by atoms with Crippen molar-refractivity contribution in [2.45, 2.75) is 30.9 Å². The van der Waals surface area contributed by atoms with Crippen LogP contribution in [0.2, 0.25) is 0 Å². The molecule has 0 spiro atoms. The van der Waals surface area contributed by atoms with Crippen LogP contribution in [0.25, 0.3) is 0 Å². The third-order valence-corrected chi connectivity index (χ3v) is 4.93. The number of thioether (sulfide) groups is 1. The minimum atomic E-state index is 0.407. The molecular formula is C12H19N3OS. The van der Waals surface area contributed by atoms with Gasteiger partial charge in [-0.25, -0.2) is 9.97 Å². The summed E-state index contributed by atoms with van der Waals surface area (Å²) in [6, 6.07) is 0. The summed E-state index contributed by atoms with van der Waals surface area (Å²) >= 11 is 1.96. The predicted octanol–water partition coefficient (Wildman–Crippen LogP) is 2.49. The Morgan fingerprint density at radius 3 is 2.76 bits per heavy atom. The van der Waals surface area contributed by atoms with E-state index in [2.05, 4.69) is 21.5 Å². The molecule has 1 aromatic heterocycles. The first kappa shape index (κ1) is 12.5. The van der Waals surface area contributed by atoms with Crippen LogP contribution in [0.5, 0.6) is 5.88 Å². The highest BCUT2D eigenvalue weighted by Gasteiger charge is 2.36. The monoisotopic (exact) mass is 253 g/mol. The number of rotatable bonds is 5. The fourth-order valence-corrected chi connectivity index (χ4v) is 3.00. The number of hydrogen-bond donors (Lipinski definition) is 1. The van der Waals surface area contributed by atoms with Crippen molar-refractivity contribution in [3.05, 3.63) is 11.9 Å². The Kier molecular flexibility index (Phi) is 3.76. The zero-order valence-corrected chi connectivity index (χ0v) is 11.4. The van der Waals surface area contributed by atoms with Gasteiger partial charge in [-0.05, 0) is 26.0 Å². The van der Waals surface area contributed by atoms with Crippen molar-refractivity contribution in [3.8, 4) is 5.88 Å². The lowest BCUT2D eigenvalue weighted by molar-refractivity contribution is 0.378. The molecule has 0 aliphatic heterocycles. The largest absolute Gasteiger partial charge is 0.481 e. The van der Waals surface area contributed by atoms with E-state index in [9.17, 15) is 0 Å². The molecule has 1 N–H and O–H groups in total. The smallest absolute Gasteiger partial charge is 0.221 e. The summed E-state index contributed by atoms with van der Waals surface area (Å²) in [7, 11) is 1.63. The minimum absolute atomic E-state index is 0.407. The third-order valence-electron chi connectivity index (χ3n) is 3.51. The molecule has 1 aliphatic rings. The zero-order chi connectivity index (χ0) is 12.3. The number of anilines is 1. The maximum absolute atomic E-state index is 5.19. The van der Waals surface area contributed by atoms with Gasteiger partial charge in [0, 0.05) is 11.3 Å². The minimum Gasteiger partial charge on any atom is -0.481 e. The zero-order valence-electron chi connectivity index (χ0n) is 10.6. The average Bonchev–Trinajstić information content (AvgIpc) is 2.30. The second kappa shape index (κ2) is 5.12. The van der Waals surface area contributed by atoms with Crippen molar-refractivity contribution in [1.29, 1.82) is 0 Å². The normalized spacial score (nSPS) is 17.4. The molecule has 0 saturated heterocycles. The van der Waals surface area contributed by atoms with Crippen molar-refractivity contribution in [2.75, 3.05) is 25.2 Å². The number of nitrogens with one attached hydrogen (secondary N) is 1. The van der Waals surface area contributed by atoms with E-state index in [0.29, 0.717) is 10.6 Å². The first-order valence-electron chi connectivity index (χ1n) is 5.85. The van der Waals surface area contributed by atoms with Crippen molar-refractivity contribution in [2.24, 2.45) is 0 Å². The Labute approximate surface area is 107 Å². The first-order valence-corrected chi connectivity index (χ1v) is 7.08. The molecule has 1 aromatic rings.